The normalized spacial score (nSPS) is 19.7. The number of nitrogens with zero attached hydrogens (tertiary/aromatic N) is 3. The third-order valence-corrected chi connectivity index (χ3v) is 4.00. The molecule has 0 N–H and O–H groups in total. The number of fused-ring (bicyclic) bond motifs is 1. The van der Waals surface area contributed by atoms with Gasteiger partial charge >= 0.3 is 10.9 Å². The first-order chi connectivity index (χ1) is 9.16. The molecule has 0 saturated heterocycles. The molecule has 7 heteroatoms. The van der Waals surface area contributed by atoms with Crippen LogP contribution in [0.2, 0.25) is 0 Å². The van der Waals surface area contributed by atoms with Gasteiger partial charge in [-0.2, -0.15) is 13.8 Å². The van der Waals surface area contributed by atoms with E-state index >= 15 is 0 Å². The van der Waals surface area contributed by atoms with Crippen LogP contribution in [0, 0.1) is 0 Å². The minimum absolute atomic E-state index is 0.00729. The van der Waals surface area contributed by atoms with Crippen molar-refractivity contribution in [3.8, 4) is 0 Å². The van der Waals surface area contributed by atoms with E-state index < -0.39 is 16.9 Å². The molecule has 0 radical (unpaired) electrons. The van der Waals surface area contributed by atoms with Crippen molar-refractivity contribution in [1.82, 2.24) is 14.8 Å². The van der Waals surface area contributed by atoms with Gasteiger partial charge in [-0.05, 0) is 12.0 Å². The maximum Gasteiger partial charge on any atom is 0.405 e. The molecule has 1 aliphatic heterocycles. The molecule has 0 spiro atoms. The maximum atomic E-state index is 12.4. The molecule has 1 aliphatic rings. The van der Waals surface area contributed by atoms with Crippen molar-refractivity contribution in [1.29, 1.82) is 0 Å². The maximum absolute atomic E-state index is 12.4. The monoisotopic (exact) mass is 283 g/mol. The highest BCUT2D eigenvalue weighted by molar-refractivity contribution is 7.91. The van der Waals surface area contributed by atoms with E-state index in [4.69, 9.17) is 0 Å². The van der Waals surface area contributed by atoms with Crippen LogP contribution in [0.1, 0.15) is 23.9 Å². The highest BCUT2D eigenvalue weighted by atomic mass is 32.2. The molecule has 0 fully saturated rings. The zero-order chi connectivity index (χ0) is 13.4. The molecule has 1 aromatic heterocycles. The van der Waals surface area contributed by atoms with E-state index in [1.807, 2.05) is 30.3 Å². The number of rotatable bonds is 3. The quantitative estimate of drug-likeness (QED) is 0.811. The average Bonchev–Trinajstić information content (AvgIpc) is 2.98. The Morgan fingerprint density at radius 2 is 2.05 bits per heavy atom. The standard InChI is InChI=1S/C12H11F2N3OS/c13-11(14)19(18)12-15-10-7-6-9(17(10)16-12)8-4-2-1-3-5-8/h1-5,9,11H,6-7H2/t9-,19-/m0/s1. The number of hydrogen-bond acceptors (Lipinski definition) is 3. The molecule has 3 rings (SSSR count). The molecule has 4 nitrogen and oxygen atoms in total. The summed E-state index contributed by atoms with van der Waals surface area (Å²) in [5.74, 6) is -2.32. The number of benzene rings is 1. The minimum atomic E-state index is -2.95. The lowest BCUT2D eigenvalue weighted by Gasteiger charge is -2.11. The summed E-state index contributed by atoms with van der Waals surface area (Å²) in [6.07, 6.45) is 1.49. The molecule has 0 bridgehead atoms. The van der Waals surface area contributed by atoms with Gasteiger partial charge in [-0.25, -0.2) is 4.68 Å². The summed E-state index contributed by atoms with van der Waals surface area (Å²) >= 11 is -2.44. The highest BCUT2D eigenvalue weighted by Gasteiger charge is 2.34. The summed E-state index contributed by atoms with van der Waals surface area (Å²) in [5.41, 5.74) is 1.06. The lowest BCUT2D eigenvalue weighted by molar-refractivity contribution is 0.233. The predicted octanol–water partition coefficient (Wildman–Crippen LogP) is 2.14. The summed E-state index contributed by atoms with van der Waals surface area (Å²) in [4.78, 5) is 3.96. The van der Waals surface area contributed by atoms with Crippen LogP contribution in [0.3, 0.4) is 0 Å². The Bertz CT molecular complexity index is 576. The lowest BCUT2D eigenvalue weighted by Crippen LogP contribution is -2.15. The van der Waals surface area contributed by atoms with Gasteiger partial charge in [0.05, 0.1) is 17.2 Å². The van der Waals surface area contributed by atoms with Crippen LogP contribution < -0.4 is 0 Å². The van der Waals surface area contributed by atoms with E-state index in [0.29, 0.717) is 12.2 Å². The molecule has 0 amide bonds. The van der Waals surface area contributed by atoms with Gasteiger partial charge in [-0.1, -0.05) is 30.3 Å². The van der Waals surface area contributed by atoms with Gasteiger partial charge in [-0.3, -0.25) is 0 Å². The fourth-order valence-electron chi connectivity index (χ4n) is 2.29. The summed E-state index contributed by atoms with van der Waals surface area (Å²) in [6, 6.07) is 9.67. The van der Waals surface area contributed by atoms with E-state index in [2.05, 4.69) is 10.1 Å². The lowest BCUT2D eigenvalue weighted by atomic mass is 10.1. The summed E-state index contributed by atoms with van der Waals surface area (Å²) in [6.45, 7) is 0. The number of aromatic nitrogens is 3. The molecule has 2 atom stereocenters. The first-order valence-corrected chi connectivity index (χ1v) is 7.07. The smallest absolute Gasteiger partial charge is 0.405 e. The van der Waals surface area contributed by atoms with Crippen molar-refractivity contribution < 1.29 is 13.3 Å². The van der Waals surface area contributed by atoms with Crippen LogP contribution in [0.15, 0.2) is 35.5 Å². The van der Waals surface area contributed by atoms with E-state index in [1.54, 1.807) is 4.68 Å². The van der Waals surface area contributed by atoms with Crippen LogP contribution in [0.25, 0.3) is 0 Å². The van der Waals surface area contributed by atoms with Crippen molar-refractivity contribution in [3.05, 3.63) is 41.7 Å². The predicted molar refractivity (Wildman–Crippen MR) is 65.3 cm³/mol. The van der Waals surface area contributed by atoms with Gasteiger partial charge in [0.2, 0.25) is 0 Å². The molecular formula is C12H11F2N3OS. The summed E-state index contributed by atoms with van der Waals surface area (Å²) in [5, 5.41) is 3.72. The number of hydrogen-bond donors (Lipinski definition) is 0. The van der Waals surface area contributed by atoms with Gasteiger partial charge in [0, 0.05) is 6.42 Å². The van der Waals surface area contributed by atoms with E-state index in [1.165, 1.54) is 0 Å². The van der Waals surface area contributed by atoms with Crippen LogP contribution in [-0.2, 0) is 17.6 Å². The van der Waals surface area contributed by atoms with Crippen molar-refractivity contribution >= 4 is 11.2 Å². The SMILES string of the molecule is [O-][S@+](c1nc2n(n1)[C@H](c1ccccc1)CC2)C(F)F. The molecule has 2 heterocycles. The van der Waals surface area contributed by atoms with Gasteiger partial charge < -0.3 is 4.55 Å². The Balaban J connectivity index is 1.93. The topological polar surface area (TPSA) is 53.8 Å². The highest BCUT2D eigenvalue weighted by Crippen LogP contribution is 2.31. The second-order valence-corrected chi connectivity index (χ2v) is 5.59. The second kappa shape index (κ2) is 4.90. The first kappa shape index (κ1) is 12.6. The van der Waals surface area contributed by atoms with Crippen molar-refractivity contribution in [3.63, 3.8) is 0 Å². The third-order valence-electron chi connectivity index (χ3n) is 3.15. The van der Waals surface area contributed by atoms with Crippen LogP contribution in [0.5, 0.6) is 0 Å². The van der Waals surface area contributed by atoms with Gasteiger partial charge in [0.25, 0.3) is 0 Å². The Morgan fingerprint density at radius 1 is 1.32 bits per heavy atom. The fourth-order valence-corrected chi connectivity index (χ4v) is 2.81. The average molecular weight is 283 g/mol. The fraction of sp³-hybridized carbons (Fsp3) is 0.333. The van der Waals surface area contributed by atoms with Gasteiger partial charge in [0.1, 0.15) is 5.82 Å². The van der Waals surface area contributed by atoms with Crippen LogP contribution in [0.4, 0.5) is 8.78 Å². The molecule has 0 saturated carbocycles. The molecule has 0 aliphatic carbocycles. The molecule has 0 unspecified atom stereocenters. The molecule has 100 valence electrons. The summed E-state index contributed by atoms with van der Waals surface area (Å²) in [7, 11) is 0. The largest absolute Gasteiger partial charge is 0.604 e. The molecule has 19 heavy (non-hydrogen) atoms. The van der Waals surface area contributed by atoms with Crippen molar-refractivity contribution in [2.45, 2.75) is 29.8 Å². The van der Waals surface area contributed by atoms with Crippen molar-refractivity contribution in [2.24, 2.45) is 0 Å². The Hall–Kier alpha value is -1.47. The van der Waals surface area contributed by atoms with Crippen LogP contribution in [-0.4, -0.2) is 25.1 Å². The number of aryl methyl sites for hydroxylation is 1. The van der Waals surface area contributed by atoms with Gasteiger partial charge in [-0.15, -0.1) is 5.10 Å². The molecule has 2 aromatic rings. The Morgan fingerprint density at radius 3 is 2.74 bits per heavy atom. The third kappa shape index (κ3) is 2.23. The van der Waals surface area contributed by atoms with E-state index in [9.17, 15) is 13.3 Å². The Labute approximate surface area is 111 Å². The number of halogens is 2. The summed E-state index contributed by atoms with van der Waals surface area (Å²) < 4.78 is 37.7. The van der Waals surface area contributed by atoms with Crippen molar-refractivity contribution in [2.75, 3.05) is 0 Å². The number of alkyl halides is 2. The minimum Gasteiger partial charge on any atom is -0.604 e. The Kier molecular flexibility index (Phi) is 3.24. The van der Waals surface area contributed by atoms with Gasteiger partial charge in [0.15, 0.2) is 0 Å². The second-order valence-electron chi connectivity index (χ2n) is 4.28. The zero-order valence-electron chi connectivity index (χ0n) is 9.87. The zero-order valence-corrected chi connectivity index (χ0v) is 10.7. The molecule has 1 aromatic carbocycles. The van der Waals surface area contributed by atoms with E-state index in [0.717, 1.165) is 12.0 Å². The first-order valence-electron chi connectivity index (χ1n) is 5.86. The van der Waals surface area contributed by atoms with Crippen LogP contribution >= 0.6 is 0 Å². The van der Waals surface area contributed by atoms with E-state index in [-0.39, 0.29) is 11.2 Å². The molecular weight excluding hydrogens is 272 g/mol.